The van der Waals surface area contributed by atoms with Crippen molar-refractivity contribution in [3.63, 3.8) is 0 Å². The van der Waals surface area contributed by atoms with E-state index in [2.05, 4.69) is 21.7 Å². The molecule has 0 bridgehead atoms. The van der Waals surface area contributed by atoms with Crippen molar-refractivity contribution in [2.75, 3.05) is 31.5 Å². The molecule has 1 aromatic carbocycles. The first-order valence-corrected chi connectivity index (χ1v) is 10.4. The highest BCUT2D eigenvalue weighted by Gasteiger charge is 2.28. The second kappa shape index (κ2) is 8.27. The molecule has 0 aliphatic carbocycles. The zero-order valence-corrected chi connectivity index (χ0v) is 17.1. The van der Waals surface area contributed by atoms with Crippen LogP contribution in [0.4, 0.5) is 5.69 Å². The van der Waals surface area contributed by atoms with Crippen molar-refractivity contribution in [2.24, 2.45) is 5.92 Å². The number of nitrogens with zero attached hydrogens (tertiary/aromatic N) is 2. The molecule has 1 saturated heterocycles. The first-order chi connectivity index (χ1) is 14.0. The number of carbonyl (C=O) groups is 2. The second-order valence-corrected chi connectivity index (χ2v) is 7.99. The van der Waals surface area contributed by atoms with Crippen molar-refractivity contribution in [3.05, 3.63) is 46.7 Å². The maximum absolute atomic E-state index is 13.2. The van der Waals surface area contributed by atoms with Crippen molar-refractivity contribution in [1.82, 2.24) is 15.2 Å². The van der Waals surface area contributed by atoms with Crippen LogP contribution in [0.3, 0.4) is 0 Å². The number of rotatable bonds is 4. The topological polar surface area (TPSA) is 87.5 Å². The Balaban J connectivity index is 1.39. The molecule has 2 aromatic rings. The first kappa shape index (κ1) is 19.5. The molecule has 2 amide bonds. The third-order valence-corrected chi connectivity index (χ3v) is 5.77. The van der Waals surface area contributed by atoms with Gasteiger partial charge < -0.3 is 20.0 Å². The van der Waals surface area contributed by atoms with E-state index in [-0.39, 0.29) is 23.5 Å². The fourth-order valence-corrected chi connectivity index (χ4v) is 4.33. The Bertz CT molecular complexity index is 921. The monoisotopic (exact) mass is 396 g/mol. The summed E-state index contributed by atoms with van der Waals surface area (Å²) >= 11 is 0. The van der Waals surface area contributed by atoms with E-state index in [1.807, 2.05) is 17.0 Å². The summed E-state index contributed by atoms with van der Waals surface area (Å²) in [7, 11) is 0. The highest BCUT2D eigenvalue weighted by molar-refractivity contribution is 6.00. The van der Waals surface area contributed by atoms with Crippen LogP contribution in [-0.4, -0.2) is 47.9 Å². The summed E-state index contributed by atoms with van der Waals surface area (Å²) in [4.78, 5) is 31.7. The van der Waals surface area contributed by atoms with Gasteiger partial charge in [0.25, 0.3) is 11.8 Å². The van der Waals surface area contributed by atoms with Crippen LogP contribution in [0.25, 0.3) is 0 Å². The molecular weight excluding hydrogens is 368 g/mol. The Labute approximate surface area is 170 Å². The average molecular weight is 396 g/mol. The highest BCUT2D eigenvalue weighted by Crippen LogP contribution is 2.28. The number of carbonyl (C=O) groups excluding carboxylic acids is 2. The van der Waals surface area contributed by atoms with Gasteiger partial charge in [-0.25, -0.2) is 4.98 Å². The number of aromatic nitrogens is 1. The predicted molar refractivity (Wildman–Crippen MR) is 110 cm³/mol. The van der Waals surface area contributed by atoms with Gasteiger partial charge in [-0.2, -0.15) is 0 Å². The van der Waals surface area contributed by atoms with Crippen LogP contribution < -0.4 is 10.6 Å². The molecular formula is C22H28N4O3. The number of amides is 2. The Kier molecular flexibility index (Phi) is 5.56. The number of piperidine rings is 1. The fraction of sp³-hybridized carbons (Fsp3) is 0.500. The van der Waals surface area contributed by atoms with Crippen molar-refractivity contribution in [2.45, 2.75) is 39.5 Å². The van der Waals surface area contributed by atoms with E-state index in [4.69, 9.17) is 4.42 Å². The molecule has 0 spiro atoms. The van der Waals surface area contributed by atoms with E-state index in [1.165, 1.54) is 5.56 Å². The van der Waals surface area contributed by atoms with E-state index in [9.17, 15) is 9.59 Å². The van der Waals surface area contributed by atoms with Gasteiger partial charge in [0.15, 0.2) is 5.89 Å². The van der Waals surface area contributed by atoms with Gasteiger partial charge in [0, 0.05) is 33.1 Å². The number of nitrogens with one attached hydrogen (secondary N) is 2. The number of hydrogen-bond donors (Lipinski definition) is 2. The second-order valence-electron chi connectivity index (χ2n) is 7.99. The molecule has 29 heavy (non-hydrogen) atoms. The first-order valence-electron chi connectivity index (χ1n) is 10.4. The normalized spacial score (nSPS) is 18.7. The SMILES string of the molecule is Cc1nc(C)c(C(=O)NCC2CCCN(C(=O)c3cccc4c3NCCC4)C2)o1. The molecule has 1 unspecified atom stereocenters. The third-order valence-electron chi connectivity index (χ3n) is 5.77. The van der Waals surface area contributed by atoms with Crippen molar-refractivity contribution in [1.29, 1.82) is 0 Å². The maximum atomic E-state index is 13.2. The minimum atomic E-state index is -0.243. The van der Waals surface area contributed by atoms with Crippen molar-refractivity contribution in [3.8, 4) is 0 Å². The summed E-state index contributed by atoms with van der Waals surface area (Å²) < 4.78 is 5.39. The molecule has 7 heteroatoms. The lowest BCUT2D eigenvalue weighted by atomic mass is 9.95. The smallest absolute Gasteiger partial charge is 0.289 e. The molecule has 1 aromatic heterocycles. The molecule has 7 nitrogen and oxygen atoms in total. The van der Waals surface area contributed by atoms with Gasteiger partial charge in [0.05, 0.1) is 16.9 Å². The Hall–Kier alpha value is -2.83. The zero-order chi connectivity index (χ0) is 20.4. The van der Waals surface area contributed by atoms with Crippen LogP contribution in [0.15, 0.2) is 22.6 Å². The standard InChI is InChI=1S/C22H28N4O3/c1-14-20(29-15(2)25-14)21(27)24-12-16-6-5-11-26(13-16)22(28)18-9-3-7-17-8-4-10-23-19(17)18/h3,7,9,16,23H,4-6,8,10-13H2,1-2H3,(H,24,27). The van der Waals surface area contributed by atoms with Gasteiger partial charge in [-0.05, 0) is 50.2 Å². The summed E-state index contributed by atoms with van der Waals surface area (Å²) in [5, 5.41) is 6.36. The molecule has 1 atom stereocenters. The van der Waals surface area contributed by atoms with Crippen molar-refractivity contribution < 1.29 is 14.0 Å². The maximum Gasteiger partial charge on any atom is 0.289 e. The third kappa shape index (κ3) is 4.13. The van der Waals surface area contributed by atoms with E-state index in [1.54, 1.807) is 13.8 Å². The van der Waals surface area contributed by atoms with Gasteiger partial charge in [-0.15, -0.1) is 0 Å². The van der Waals surface area contributed by atoms with E-state index in [0.717, 1.165) is 50.0 Å². The van der Waals surface area contributed by atoms with Crippen LogP contribution in [0.1, 0.15) is 57.3 Å². The minimum Gasteiger partial charge on any atom is -0.436 e. The molecule has 0 saturated carbocycles. The summed E-state index contributed by atoms with van der Waals surface area (Å²) in [6, 6.07) is 5.99. The molecule has 154 valence electrons. The summed E-state index contributed by atoms with van der Waals surface area (Å²) in [5.41, 5.74) is 3.58. The number of para-hydroxylation sites is 1. The van der Waals surface area contributed by atoms with E-state index >= 15 is 0 Å². The molecule has 3 heterocycles. The van der Waals surface area contributed by atoms with Gasteiger partial charge >= 0.3 is 0 Å². The van der Waals surface area contributed by atoms with E-state index in [0.29, 0.717) is 24.7 Å². The summed E-state index contributed by atoms with van der Waals surface area (Å²) in [5.74, 6) is 0.824. The molecule has 4 rings (SSSR count). The molecule has 2 aliphatic rings. The highest BCUT2D eigenvalue weighted by atomic mass is 16.4. The lowest BCUT2D eigenvalue weighted by molar-refractivity contribution is 0.0670. The van der Waals surface area contributed by atoms with Gasteiger partial charge in [-0.1, -0.05) is 12.1 Å². The van der Waals surface area contributed by atoms with Crippen LogP contribution in [0.5, 0.6) is 0 Å². The molecule has 1 fully saturated rings. The Morgan fingerprint density at radius 1 is 1.31 bits per heavy atom. The number of anilines is 1. The summed E-state index contributed by atoms with van der Waals surface area (Å²) in [6.07, 6.45) is 4.04. The number of fused-ring (bicyclic) bond motifs is 1. The number of hydrogen-bond acceptors (Lipinski definition) is 5. The number of aryl methyl sites for hydroxylation is 3. The lowest BCUT2D eigenvalue weighted by Gasteiger charge is -2.34. The van der Waals surface area contributed by atoms with Crippen molar-refractivity contribution >= 4 is 17.5 Å². The van der Waals surface area contributed by atoms with E-state index < -0.39 is 0 Å². The van der Waals surface area contributed by atoms with Gasteiger partial charge in [-0.3, -0.25) is 9.59 Å². The number of benzene rings is 1. The average Bonchev–Trinajstić information content (AvgIpc) is 3.09. The molecule has 0 radical (unpaired) electrons. The van der Waals surface area contributed by atoms with Crippen LogP contribution in [0, 0.1) is 19.8 Å². The zero-order valence-electron chi connectivity index (χ0n) is 17.1. The van der Waals surface area contributed by atoms with Gasteiger partial charge in [0.1, 0.15) is 0 Å². The quantitative estimate of drug-likeness (QED) is 0.830. The lowest BCUT2D eigenvalue weighted by Crippen LogP contribution is -2.44. The molecule has 2 aliphatic heterocycles. The molecule has 2 N–H and O–H groups in total. The van der Waals surface area contributed by atoms with Crippen LogP contribution in [0.2, 0.25) is 0 Å². The van der Waals surface area contributed by atoms with Gasteiger partial charge in [0.2, 0.25) is 5.76 Å². The van der Waals surface area contributed by atoms with Crippen LogP contribution in [-0.2, 0) is 6.42 Å². The predicted octanol–water partition coefficient (Wildman–Crippen LogP) is 2.93. The van der Waals surface area contributed by atoms with Crippen LogP contribution >= 0.6 is 0 Å². The Morgan fingerprint density at radius 3 is 2.97 bits per heavy atom. The largest absolute Gasteiger partial charge is 0.436 e. The number of likely N-dealkylation sites (tertiary alicyclic amines) is 1. The number of oxazole rings is 1. The fourth-order valence-electron chi connectivity index (χ4n) is 4.33. The summed E-state index contributed by atoms with van der Waals surface area (Å²) in [6.45, 7) is 6.33. The Morgan fingerprint density at radius 2 is 2.17 bits per heavy atom. The minimum absolute atomic E-state index is 0.0778.